The highest BCUT2D eigenvalue weighted by Crippen LogP contribution is 2.36. The number of thioether (sulfide) groups is 1. The Balaban J connectivity index is 1.56. The molecule has 0 bridgehead atoms. The maximum absolute atomic E-state index is 11.2. The van der Waals surface area contributed by atoms with Crippen LogP contribution in [0, 0.1) is 5.41 Å². The van der Waals surface area contributed by atoms with Crippen molar-refractivity contribution in [3.63, 3.8) is 0 Å². The van der Waals surface area contributed by atoms with E-state index in [-0.39, 0.29) is 5.24 Å². The van der Waals surface area contributed by atoms with E-state index in [1.54, 1.807) is 0 Å². The van der Waals surface area contributed by atoms with E-state index in [1.165, 1.54) is 43.9 Å². The van der Waals surface area contributed by atoms with Gasteiger partial charge in [-0.15, -0.1) is 0 Å². The van der Waals surface area contributed by atoms with Gasteiger partial charge in [-0.05, 0) is 48.4 Å². The molecular formula is C18H23NO2S. The van der Waals surface area contributed by atoms with Crippen molar-refractivity contribution >= 4 is 23.1 Å². The maximum atomic E-state index is 11.2. The van der Waals surface area contributed by atoms with E-state index in [2.05, 4.69) is 30.4 Å². The van der Waals surface area contributed by atoms with Crippen LogP contribution in [-0.2, 0) is 0 Å². The molecule has 1 heterocycles. The quantitative estimate of drug-likeness (QED) is 0.864. The smallest absolute Gasteiger partial charge is 0.283 e. The molecule has 1 aromatic carbocycles. The number of hydrogen-bond acceptors (Lipinski definition) is 3. The molecule has 4 heteroatoms. The minimum atomic E-state index is 0.0342. The highest BCUT2D eigenvalue weighted by molar-refractivity contribution is 8.17. The monoisotopic (exact) mass is 317 g/mol. The van der Waals surface area contributed by atoms with Crippen LogP contribution in [0.25, 0.3) is 6.08 Å². The van der Waals surface area contributed by atoms with Gasteiger partial charge < -0.3 is 10.1 Å². The summed E-state index contributed by atoms with van der Waals surface area (Å²) in [5.74, 6) is 0.933. The summed E-state index contributed by atoms with van der Waals surface area (Å²) < 4.78 is 6.00. The van der Waals surface area contributed by atoms with Crippen molar-refractivity contribution in [2.75, 3.05) is 13.2 Å². The number of ether oxygens (including phenoxy) is 1. The molecule has 0 radical (unpaired) electrons. The Bertz CT molecular complexity index is 559. The van der Waals surface area contributed by atoms with Crippen molar-refractivity contribution in [1.82, 2.24) is 5.32 Å². The second-order valence-corrected chi connectivity index (χ2v) is 7.68. The zero-order chi connectivity index (χ0) is 15.4. The summed E-state index contributed by atoms with van der Waals surface area (Å²) in [7, 11) is 0. The van der Waals surface area contributed by atoms with Gasteiger partial charge >= 0.3 is 0 Å². The van der Waals surface area contributed by atoms with E-state index in [9.17, 15) is 4.79 Å². The molecule has 1 saturated carbocycles. The van der Waals surface area contributed by atoms with Crippen LogP contribution < -0.4 is 10.1 Å². The Morgan fingerprint density at radius 2 is 1.95 bits per heavy atom. The second-order valence-electron chi connectivity index (χ2n) is 6.58. The van der Waals surface area contributed by atoms with Gasteiger partial charge in [-0.1, -0.05) is 38.3 Å². The number of carbonyl (C=O) groups excluding carboxylic acids is 1. The van der Waals surface area contributed by atoms with Gasteiger partial charge in [-0.2, -0.15) is 0 Å². The van der Waals surface area contributed by atoms with Crippen LogP contribution in [0.3, 0.4) is 0 Å². The molecule has 1 amide bonds. The largest absolute Gasteiger partial charge is 0.493 e. The van der Waals surface area contributed by atoms with Crippen LogP contribution in [0.2, 0.25) is 0 Å². The summed E-state index contributed by atoms with van der Waals surface area (Å²) in [5, 5.41) is 2.83. The molecule has 3 nitrogen and oxygen atoms in total. The molecule has 0 spiro atoms. The zero-order valence-electron chi connectivity index (χ0n) is 13.1. The number of carbonyl (C=O) groups is 1. The average Bonchev–Trinajstić information content (AvgIpc) is 2.93. The van der Waals surface area contributed by atoms with E-state index >= 15 is 0 Å². The first-order valence-electron chi connectivity index (χ1n) is 8.02. The molecule has 2 fully saturated rings. The molecule has 0 unspecified atom stereocenters. The van der Waals surface area contributed by atoms with Gasteiger partial charge in [0, 0.05) is 10.3 Å². The third kappa shape index (κ3) is 4.07. The average molecular weight is 317 g/mol. The van der Waals surface area contributed by atoms with Crippen molar-refractivity contribution in [3.8, 4) is 5.75 Å². The van der Waals surface area contributed by atoms with E-state index in [0.29, 0.717) is 12.0 Å². The molecule has 0 aromatic heterocycles. The Morgan fingerprint density at radius 3 is 2.59 bits per heavy atom. The Hall–Kier alpha value is -1.42. The fourth-order valence-electron chi connectivity index (χ4n) is 3.08. The molecule has 22 heavy (non-hydrogen) atoms. The molecule has 0 atom stereocenters. The van der Waals surface area contributed by atoms with Crippen LogP contribution in [0.5, 0.6) is 5.75 Å². The normalized spacial score (nSPS) is 22.6. The predicted octanol–water partition coefficient (Wildman–Crippen LogP) is 4.83. The second kappa shape index (κ2) is 6.78. The molecule has 1 aliphatic carbocycles. The van der Waals surface area contributed by atoms with Crippen molar-refractivity contribution in [2.45, 2.75) is 39.0 Å². The van der Waals surface area contributed by atoms with Crippen molar-refractivity contribution < 1.29 is 9.53 Å². The van der Waals surface area contributed by atoms with Gasteiger partial charge in [0.15, 0.2) is 0 Å². The molecular weight excluding hydrogens is 294 g/mol. The van der Waals surface area contributed by atoms with Crippen LogP contribution >= 0.6 is 11.8 Å². The van der Waals surface area contributed by atoms with Gasteiger partial charge in [-0.3, -0.25) is 4.79 Å². The standard InChI is InChI=1S/C18H23NO2S/c1-18(9-3-2-4-10-18)13-21-15-7-5-14(6-8-15)11-16-12-19-17(20)22-16/h5-8,11H,2-4,9-10,12-13H2,1H3,(H,19,20)/b16-11-. The molecule has 1 N–H and O–H groups in total. The lowest BCUT2D eigenvalue weighted by Gasteiger charge is -2.33. The fourth-order valence-corrected chi connectivity index (χ4v) is 3.81. The van der Waals surface area contributed by atoms with Crippen molar-refractivity contribution in [3.05, 3.63) is 34.7 Å². The SMILES string of the molecule is CC1(COc2ccc(/C=C3/CNC(=O)S3)cc2)CCCCC1. The topological polar surface area (TPSA) is 38.3 Å². The molecule has 2 aliphatic rings. The van der Waals surface area contributed by atoms with Crippen LogP contribution in [0.1, 0.15) is 44.6 Å². The van der Waals surface area contributed by atoms with Crippen LogP contribution in [0.4, 0.5) is 4.79 Å². The van der Waals surface area contributed by atoms with E-state index in [1.807, 2.05) is 12.1 Å². The third-order valence-corrected chi connectivity index (χ3v) is 5.34. The van der Waals surface area contributed by atoms with E-state index in [0.717, 1.165) is 22.8 Å². The minimum absolute atomic E-state index is 0.0342. The first kappa shape index (κ1) is 15.5. The summed E-state index contributed by atoms with van der Waals surface area (Å²) >= 11 is 1.27. The molecule has 1 saturated heterocycles. The first-order valence-corrected chi connectivity index (χ1v) is 8.84. The van der Waals surface area contributed by atoms with Gasteiger partial charge in [0.1, 0.15) is 5.75 Å². The Morgan fingerprint density at radius 1 is 1.23 bits per heavy atom. The summed E-state index contributed by atoms with van der Waals surface area (Å²) in [4.78, 5) is 12.2. The lowest BCUT2D eigenvalue weighted by Crippen LogP contribution is -2.27. The lowest BCUT2D eigenvalue weighted by atomic mass is 9.76. The van der Waals surface area contributed by atoms with E-state index in [4.69, 9.17) is 4.74 Å². The minimum Gasteiger partial charge on any atom is -0.493 e. The fraction of sp³-hybridized carbons (Fsp3) is 0.500. The van der Waals surface area contributed by atoms with Crippen molar-refractivity contribution in [2.24, 2.45) is 5.41 Å². The molecule has 1 aromatic rings. The number of nitrogens with one attached hydrogen (secondary N) is 1. The van der Waals surface area contributed by atoms with Gasteiger partial charge in [0.05, 0.1) is 13.2 Å². The van der Waals surface area contributed by atoms with Crippen LogP contribution in [-0.4, -0.2) is 18.4 Å². The highest BCUT2D eigenvalue weighted by atomic mass is 32.2. The Kier molecular flexibility index (Phi) is 4.77. The van der Waals surface area contributed by atoms with Crippen LogP contribution in [0.15, 0.2) is 29.2 Å². The summed E-state index contributed by atoms with van der Waals surface area (Å²) in [5.41, 5.74) is 1.45. The maximum Gasteiger partial charge on any atom is 0.283 e. The first-order chi connectivity index (χ1) is 10.6. The highest BCUT2D eigenvalue weighted by Gasteiger charge is 2.27. The summed E-state index contributed by atoms with van der Waals surface area (Å²) in [6.45, 7) is 3.79. The number of amides is 1. The predicted molar refractivity (Wildman–Crippen MR) is 92.1 cm³/mol. The molecule has 118 valence electrons. The number of benzene rings is 1. The Labute approximate surface area is 136 Å². The summed E-state index contributed by atoms with van der Waals surface area (Å²) in [6.07, 6.45) is 8.63. The van der Waals surface area contributed by atoms with Gasteiger partial charge in [-0.25, -0.2) is 0 Å². The zero-order valence-corrected chi connectivity index (χ0v) is 13.9. The third-order valence-electron chi connectivity index (χ3n) is 4.49. The molecule has 3 rings (SSSR count). The van der Waals surface area contributed by atoms with Crippen molar-refractivity contribution in [1.29, 1.82) is 0 Å². The van der Waals surface area contributed by atoms with Gasteiger partial charge in [0.25, 0.3) is 5.24 Å². The summed E-state index contributed by atoms with van der Waals surface area (Å²) in [6, 6.07) is 8.14. The molecule has 1 aliphatic heterocycles. The number of rotatable bonds is 4. The van der Waals surface area contributed by atoms with E-state index < -0.39 is 0 Å². The lowest BCUT2D eigenvalue weighted by molar-refractivity contribution is 0.116. The van der Waals surface area contributed by atoms with Gasteiger partial charge in [0.2, 0.25) is 0 Å². The number of hydrogen-bond donors (Lipinski definition) is 1.